The summed E-state index contributed by atoms with van der Waals surface area (Å²) in [5, 5.41) is 0. The van der Waals surface area contributed by atoms with Crippen molar-refractivity contribution in [3.8, 4) is 0 Å². The molecule has 0 bridgehead atoms. The molecule has 0 spiro atoms. The van der Waals surface area contributed by atoms with E-state index in [1.807, 2.05) is 19.2 Å². The lowest BCUT2D eigenvalue weighted by atomic mass is 10.1. The van der Waals surface area contributed by atoms with Crippen molar-refractivity contribution < 1.29 is 0 Å². The van der Waals surface area contributed by atoms with Crippen LogP contribution in [-0.4, -0.2) is 23.6 Å². The molecule has 3 nitrogen and oxygen atoms in total. The minimum atomic E-state index is 0.354. The van der Waals surface area contributed by atoms with Crippen molar-refractivity contribution in [2.24, 2.45) is 11.7 Å². The summed E-state index contributed by atoms with van der Waals surface area (Å²) >= 11 is 4.99. The van der Waals surface area contributed by atoms with Gasteiger partial charge < -0.3 is 10.6 Å². The third kappa shape index (κ3) is 3.45. The molecular formula is C12H19N3S. The Morgan fingerprint density at radius 3 is 2.81 bits per heavy atom. The summed E-state index contributed by atoms with van der Waals surface area (Å²) in [7, 11) is 2.04. The van der Waals surface area contributed by atoms with Crippen LogP contribution < -0.4 is 10.6 Å². The summed E-state index contributed by atoms with van der Waals surface area (Å²) in [5.41, 5.74) is 7.37. The lowest BCUT2D eigenvalue weighted by Crippen LogP contribution is -2.24. The molecule has 0 aromatic carbocycles. The molecule has 88 valence electrons. The topological polar surface area (TPSA) is 42.2 Å². The lowest BCUT2D eigenvalue weighted by Gasteiger charge is -2.22. The van der Waals surface area contributed by atoms with Gasteiger partial charge in [-0.2, -0.15) is 0 Å². The van der Waals surface area contributed by atoms with Gasteiger partial charge >= 0.3 is 0 Å². The number of thiocarbonyl (C=S) groups is 1. The Balaban J connectivity index is 2.82. The van der Waals surface area contributed by atoms with Crippen LogP contribution in [0.15, 0.2) is 18.3 Å². The summed E-state index contributed by atoms with van der Waals surface area (Å²) in [6.07, 6.45) is 2.86. The van der Waals surface area contributed by atoms with Gasteiger partial charge in [0.15, 0.2) is 0 Å². The van der Waals surface area contributed by atoms with Crippen LogP contribution >= 0.6 is 12.2 Å². The average Bonchev–Trinajstić information content (AvgIpc) is 2.25. The smallest absolute Gasteiger partial charge is 0.124 e. The van der Waals surface area contributed by atoms with Crippen molar-refractivity contribution in [1.82, 2.24) is 4.98 Å². The third-order valence-corrected chi connectivity index (χ3v) is 2.67. The molecule has 0 aliphatic carbocycles. The van der Waals surface area contributed by atoms with Gasteiger partial charge in [-0.1, -0.05) is 26.1 Å². The fourth-order valence-electron chi connectivity index (χ4n) is 1.47. The minimum absolute atomic E-state index is 0.354. The summed E-state index contributed by atoms with van der Waals surface area (Å²) in [6.45, 7) is 5.41. The van der Waals surface area contributed by atoms with E-state index in [-0.39, 0.29) is 0 Å². The molecule has 1 heterocycles. The number of hydrogen-bond acceptors (Lipinski definition) is 3. The molecule has 16 heavy (non-hydrogen) atoms. The fraction of sp³-hybridized carbons (Fsp3) is 0.500. The van der Waals surface area contributed by atoms with E-state index < -0.39 is 0 Å². The molecule has 0 unspecified atom stereocenters. The quantitative estimate of drug-likeness (QED) is 0.797. The van der Waals surface area contributed by atoms with Crippen molar-refractivity contribution in [2.45, 2.75) is 20.3 Å². The first-order valence-electron chi connectivity index (χ1n) is 5.48. The first-order valence-corrected chi connectivity index (χ1v) is 5.89. The maximum atomic E-state index is 5.65. The van der Waals surface area contributed by atoms with Crippen molar-refractivity contribution in [3.63, 3.8) is 0 Å². The molecule has 2 N–H and O–H groups in total. The predicted molar refractivity (Wildman–Crippen MR) is 72.8 cm³/mol. The number of pyridine rings is 1. The van der Waals surface area contributed by atoms with Crippen LogP contribution in [0, 0.1) is 5.92 Å². The second-order valence-corrected chi connectivity index (χ2v) is 4.78. The van der Waals surface area contributed by atoms with E-state index in [9.17, 15) is 0 Å². The summed E-state index contributed by atoms with van der Waals surface area (Å²) in [4.78, 5) is 6.73. The summed E-state index contributed by atoms with van der Waals surface area (Å²) in [6, 6.07) is 3.91. The van der Waals surface area contributed by atoms with Crippen LogP contribution in [0.1, 0.15) is 26.0 Å². The molecule has 0 saturated heterocycles. The molecule has 0 amide bonds. The molecule has 0 saturated carbocycles. The Bertz CT molecular complexity index is 363. The van der Waals surface area contributed by atoms with E-state index in [0.29, 0.717) is 16.6 Å². The first kappa shape index (κ1) is 12.9. The number of nitrogens with two attached hydrogens (primary N) is 1. The van der Waals surface area contributed by atoms with Crippen LogP contribution in [-0.2, 0) is 0 Å². The molecule has 0 fully saturated rings. The van der Waals surface area contributed by atoms with Crippen LogP contribution in [0.25, 0.3) is 0 Å². The maximum Gasteiger partial charge on any atom is 0.124 e. The molecule has 1 aromatic heterocycles. The summed E-state index contributed by atoms with van der Waals surface area (Å²) < 4.78 is 0. The van der Waals surface area contributed by atoms with Crippen molar-refractivity contribution in [1.29, 1.82) is 0 Å². The zero-order valence-corrected chi connectivity index (χ0v) is 10.9. The van der Waals surface area contributed by atoms with Gasteiger partial charge in [0.05, 0.1) is 5.69 Å². The highest BCUT2D eigenvalue weighted by Gasteiger charge is 2.10. The minimum Gasteiger partial charge on any atom is -0.388 e. The van der Waals surface area contributed by atoms with Crippen LogP contribution in [0.5, 0.6) is 0 Å². The SMILES string of the molecule is CC(C)CCN(C)c1cccnc1C(N)=S. The molecule has 1 rings (SSSR count). The highest BCUT2D eigenvalue weighted by Crippen LogP contribution is 2.17. The molecular weight excluding hydrogens is 218 g/mol. The zero-order valence-electron chi connectivity index (χ0n) is 10.1. The van der Waals surface area contributed by atoms with Gasteiger partial charge in [-0.05, 0) is 24.5 Å². The largest absolute Gasteiger partial charge is 0.388 e. The van der Waals surface area contributed by atoms with E-state index in [1.54, 1.807) is 6.20 Å². The van der Waals surface area contributed by atoms with E-state index in [4.69, 9.17) is 18.0 Å². The normalized spacial score (nSPS) is 10.5. The Hall–Kier alpha value is -1.16. The number of hydrogen-bond donors (Lipinski definition) is 1. The Labute approximate surface area is 103 Å². The maximum absolute atomic E-state index is 5.65. The van der Waals surface area contributed by atoms with Crippen LogP contribution in [0.2, 0.25) is 0 Å². The number of anilines is 1. The highest BCUT2D eigenvalue weighted by atomic mass is 32.1. The van der Waals surface area contributed by atoms with Gasteiger partial charge in [-0.25, -0.2) is 0 Å². The standard InChI is InChI=1S/C12H19N3S/c1-9(2)6-8-15(3)10-5-4-7-14-11(10)12(13)16/h4-5,7,9H,6,8H2,1-3H3,(H2,13,16). The third-order valence-electron chi connectivity index (χ3n) is 2.47. The summed E-state index contributed by atoms with van der Waals surface area (Å²) in [5.74, 6) is 0.687. The van der Waals surface area contributed by atoms with E-state index in [1.165, 1.54) is 0 Å². The van der Waals surface area contributed by atoms with Gasteiger partial charge in [0, 0.05) is 19.8 Å². The van der Waals surface area contributed by atoms with Crippen LogP contribution in [0.3, 0.4) is 0 Å². The second-order valence-electron chi connectivity index (χ2n) is 4.34. The highest BCUT2D eigenvalue weighted by molar-refractivity contribution is 7.80. The van der Waals surface area contributed by atoms with Crippen molar-refractivity contribution in [2.75, 3.05) is 18.5 Å². The predicted octanol–water partition coefficient (Wildman–Crippen LogP) is 2.20. The van der Waals surface area contributed by atoms with Crippen LogP contribution in [0.4, 0.5) is 5.69 Å². The molecule has 4 heteroatoms. The molecule has 0 atom stereocenters. The van der Waals surface area contributed by atoms with Crippen molar-refractivity contribution in [3.05, 3.63) is 24.0 Å². The van der Waals surface area contributed by atoms with E-state index in [0.717, 1.165) is 18.7 Å². The Kier molecular flexibility index (Phi) is 4.68. The fourth-order valence-corrected chi connectivity index (χ4v) is 1.62. The Morgan fingerprint density at radius 1 is 1.56 bits per heavy atom. The average molecular weight is 237 g/mol. The van der Waals surface area contributed by atoms with Crippen molar-refractivity contribution >= 4 is 22.9 Å². The van der Waals surface area contributed by atoms with E-state index >= 15 is 0 Å². The van der Waals surface area contributed by atoms with Gasteiger partial charge in [0.25, 0.3) is 0 Å². The molecule has 0 aliphatic rings. The monoisotopic (exact) mass is 237 g/mol. The lowest BCUT2D eigenvalue weighted by molar-refractivity contribution is 0.585. The van der Waals surface area contributed by atoms with Gasteiger partial charge in [-0.15, -0.1) is 0 Å². The Morgan fingerprint density at radius 2 is 2.25 bits per heavy atom. The first-order chi connectivity index (χ1) is 7.52. The number of aromatic nitrogens is 1. The molecule has 0 radical (unpaired) electrons. The van der Waals surface area contributed by atoms with E-state index in [2.05, 4.69) is 23.7 Å². The molecule has 0 aliphatic heterocycles. The zero-order chi connectivity index (χ0) is 12.1. The number of nitrogens with zero attached hydrogens (tertiary/aromatic N) is 2. The second kappa shape index (κ2) is 5.80. The molecule has 1 aromatic rings. The number of rotatable bonds is 5. The van der Waals surface area contributed by atoms with Gasteiger partial charge in [-0.3, -0.25) is 4.98 Å². The van der Waals surface area contributed by atoms with Gasteiger partial charge in [0.1, 0.15) is 10.7 Å². The van der Waals surface area contributed by atoms with Gasteiger partial charge in [0.2, 0.25) is 0 Å².